The second-order valence-corrected chi connectivity index (χ2v) is 9.64. The number of aromatic nitrogens is 2. The van der Waals surface area contributed by atoms with Crippen molar-refractivity contribution in [1.82, 2.24) is 20.0 Å². The van der Waals surface area contributed by atoms with E-state index in [0.717, 1.165) is 38.3 Å². The van der Waals surface area contributed by atoms with Crippen LogP contribution in [0.2, 0.25) is 0 Å². The molecule has 1 aliphatic carbocycles. The lowest BCUT2D eigenvalue weighted by Gasteiger charge is -2.45. The van der Waals surface area contributed by atoms with Gasteiger partial charge in [-0.15, -0.1) is 0 Å². The Balaban J connectivity index is 1.30. The molecule has 1 aromatic heterocycles. The topological polar surface area (TPSA) is 33.1 Å². The lowest BCUT2D eigenvalue weighted by Crippen LogP contribution is -2.50. The molecule has 0 spiro atoms. The zero-order valence-electron chi connectivity index (χ0n) is 16.7. The Morgan fingerprint density at radius 3 is 2.73 bits per heavy atom. The highest BCUT2D eigenvalue weighted by Crippen LogP contribution is 2.50. The Labute approximate surface area is 157 Å². The largest absolute Gasteiger partial charge is 0.311 e. The lowest BCUT2D eigenvalue weighted by molar-refractivity contribution is 0.0220. The van der Waals surface area contributed by atoms with Crippen LogP contribution >= 0.6 is 0 Å². The van der Waals surface area contributed by atoms with Gasteiger partial charge in [-0.05, 0) is 95.3 Å². The minimum Gasteiger partial charge on any atom is -0.311 e. The molecule has 0 bridgehead atoms. The number of likely N-dealkylation sites (tertiary alicyclic amines) is 1. The van der Waals surface area contributed by atoms with E-state index in [9.17, 15) is 4.39 Å². The van der Waals surface area contributed by atoms with Gasteiger partial charge in [-0.2, -0.15) is 5.10 Å². The minimum absolute atomic E-state index is 0.174. The molecule has 1 saturated carbocycles. The predicted molar refractivity (Wildman–Crippen MR) is 103 cm³/mol. The first kappa shape index (κ1) is 18.4. The quantitative estimate of drug-likeness (QED) is 0.893. The number of aryl methyl sites for hydroxylation is 1. The molecule has 4 rings (SSSR count). The minimum atomic E-state index is -0.959. The van der Waals surface area contributed by atoms with Crippen LogP contribution in [0.4, 0.5) is 4.39 Å². The summed E-state index contributed by atoms with van der Waals surface area (Å²) in [7, 11) is 1.98. The number of hydrogen-bond acceptors (Lipinski definition) is 3. The van der Waals surface area contributed by atoms with Gasteiger partial charge in [0, 0.05) is 25.3 Å². The second kappa shape index (κ2) is 6.90. The monoisotopic (exact) mass is 362 g/mol. The third-order valence-electron chi connectivity index (χ3n) is 7.60. The van der Waals surface area contributed by atoms with Gasteiger partial charge in [-0.25, -0.2) is 4.39 Å². The molecule has 4 atom stereocenters. The summed E-state index contributed by atoms with van der Waals surface area (Å²) in [4.78, 5) is 2.60. The fourth-order valence-electron chi connectivity index (χ4n) is 5.82. The van der Waals surface area contributed by atoms with Crippen LogP contribution in [0.5, 0.6) is 0 Å². The average Bonchev–Trinajstić information content (AvgIpc) is 3.17. The van der Waals surface area contributed by atoms with Gasteiger partial charge in [0.1, 0.15) is 5.67 Å². The van der Waals surface area contributed by atoms with Crippen molar-refractivity contribution in [1.29, 1.82) is 0 Å². The van der Waals surface area contributed by atoms with Crippen LogP contribution in [0.15, 0.2) is 12.4 Å². The SMILES string of the molecule is Cn1cc(CCN2CCC(C3CNC4(C)CCC(C)(F)CC34)CC2)cn1. The number of rotatable bonds is 4. The first-order valence-electron chi connectivity index (χ1n) is 10.5. The molecule has 4 nitrogen and oxygen atoms in total. The number of nitrogens with zero attached hydrogens (tertiary/aromatic N) is 3. The molecule has 0 radical (unpaired) electrons. The van der Waals surface area contributed by atoms with E-state index < -0.39 is 5.67 Å². The highest BCUT2D eigenvalue weighted by atomic mass is 19.1. The molecule has 3 fully saturated rings. The van der Waals surface area contributed by atoms with Crippen LogP contribution in [0.25, 0.3) is 0 Å². The van der Waals surface area contributed by atoms with Crippen LogP contribution in [-0.4, -0.2) is 52.1 Å². The second-order valence-electron chi connectivity index (χ2n) is 9.64. The Bertz CT molecular complexity index is 619. The molecule has 26 heavy (non-hydrogen) atoms. The summed E-state index contributed by atoms with van der Waals surface area (Å²) in [5.74, 6) is 1.94. The maximum absolute atomic E-state index is 14.7. The van der Waals surface area contributed by atoms with Crippen LogP contribution in [0, 0.1) is 17.8 Å². The zero-order chi connectivity index (χ0) is 18.4. The van der Waals surface area contributed by atoms with E-state index in [-0.39, 0.29) is 5.54 Å². The van der Waals surface area contributed by atoms with Gasteiger partial charge < -0.3 is 10.2 Å². The van der Waals surface area contributed by atoms with Gasteiger partial charge in [0.25, 0.3) is 0 Å². The number of nitrogens with one attached hydrogen (secondary N) is 1. The third-order valence-corrected chi connectivity index (χ3v) is 7.60. The molecule has 1 N–H and O–H groups in total. The van der Waals surface area contributed by atoms with Gasteiger partial charge in [0.2, 0.25) is 0 Å². The molecular formula is C21H35FN4. The third kappa shape index (κ3) is 3.70. The number of piperidine rings is 1. The molecular weight excluding hydrogens is 327 g/mol. The molecule has 5 heteroatoms. The summed E-state index contributed by atoms with van der Waals surface area (Å²) < 4.78 is 16.6. The van der Waals surface area contributed by atoms with E-state index >= 15 is 0 Å². The highest BCUT2D eigenvalue weighted by Gasteiger charge is 2.53. The number of hydrogen-bond donors (Lipinski definition) is 1. The molecule has 0 aromatic carbocycles. The van der Waals surface area contributed by atoms with Crippen LogP contribution < -0.4 is 5.32 Å². The van der Waals surface area contributed by atoms with Crippen LogP contribution in [0.1, 0.15) is 51.5 Å². The maximum Gasteiger partial charge on any atom is 0.108 e. The van der Waals surface area contributed by atoms with E-state index in [1.807, 2.05) is 24.9 Å². The fourth-order valence-corrected chi connectivity index (χ4v) is 5.82. The van der Waals surface area contributed by atoms with Crippen molar-refractivity contribution in [2.75, 3.05) is 26.2 Å². The molecule has 2 aliphatic heterocycles. The van der Waals surface area contributed by atoms with Gasteiger partial charge in [0.15, 0.2) is 0 Å². The Hall–Kier alpha value is -0.940. The van der Waals surface area contributed by atoms with Gasteiger partial charge in [-0.3, -0.25) is 4.68 Å². The Morgan fingerprint density at radius 1 is 1.27 bits per heavy atom. The first-order valence-corrected chi connectivity index (χ1v) is 10.5. The Kier molecular flexibility index (Phi) is 4.89. The molecule has 2 saturated heterocycles. The van der Waals surface area contributed by atoms with Gasteiger partial charge >= 0.3 is 0 Å². The Morgan fingerprint density at radius 2 is 2.04 bits per heavy atom. The summed E-state index contributed by atoms with van der Waals surface area (Å²) in [5, 5.41) is 8.05. The normalized spacial score (nSPS) is 39.2. The lowest BCUT2D eigenvalue weighted by atomic mass is 9.63. The molecule has 3 aliphatic rings. The summed E-state index contributed by atoms with van der Waals surface area (Å²) in [6, 6.07) is 0. The van der Waals surface area contributed by atoms with Crippen LogP contribution in [-0.2, 0) is 13.5 Å². The summed E-state index contributed by atoms with van der Waals surface area (Å²) >= 11 is 0. The van der Waals surface area contributed by atoms with E-state index in [0.29, 0.717) is 18.3 Å². The number of halogens is 1. The van der Waals surface area contributed by atoms with Crippen molar-refractivity contribution in [3.05, 3.63) is 18.0 Å². The van der Waals surface area contributed by atoms with Crippen molar-refractivity contribution in [3.63, 3.8) is 0 Å². The van der Waals surface area contributed by atoms with Crippen molar-refractivity contribution in [2.24, 2.45) is 24.8 Å². The van der Waals surface area contributed by atoms with Gasteiger partial charge in [0.05, 0.1) is 6.20 Å². The molecule has 1 aromatic rings. The van der Waals surface area contributed by atoms with Crippen molar-refractivity contribution in [3.8, 4) is 0 Å². The van der Waals surface area contributed by atoms with E-state index in [1.165, 1.54) is 31.5 Å². The van der Waals surface area contributed by atoms with Crippen molar-refractivity contribution >= 4 is 0 Å². The predicted octanol–water partition coefficient (Wildman–Crippen LogP) is 3.18. The highest BCUT2D eigenvalue weighted by molar-refractivity contribution is 5.08. The van der Waals surface area contributed by atoms with Crippen LogP contribution in [0.3, 0.4) is 0 Å². The maximum atomic E-state index is 14.7. The smallest absolute Gasteiger partial charge is 0.108 e. The number of fused-ring (bicyclic) bond motifs is 1. The van der Waals surface area contributed by atoms with E-state index in [4.69, 9.17) is 0 Å². The fraction of sp³-hybridized carbons (Fsp3) is 0.857. The van der Waals surface area contributed by atoms with Crippen molar-refractivity contribution in [2.45, 2.75) is 63.6 Å². The number of alkyl halides is 1. The van der Waals surface area contributed by atoms with E-state index in [2.05, 4.69) is 28.4 Å². The average molecular weight is 363 g/mol. The standard InChI is InChI=1S/C21H35FN4/c1-20(22)7-8-21(2)19(12-20)18(14-23-21)17-5-10-26(11-6-17)9-4-16-13-24-25(3)15-16/h13,15,17-19,23H,4-12,14H2,1-3H3. The van der Waals surface area contributed by atoms with Gasteiger partial charge in [-0.1, -0.05) is 0 Å². The summed E-state index contributed by atoms with van der Waals surface area (Å²) in [6.45, 7) is 8.77. The summed E-state index contributed by atoms with van der Waals surface area (Å²) in [6.07, 6.45) is 10.2. The molecule has 146 valence electrons. The summed E-state index contributed by atoms with van der Waals surface area (Å²) in [5.41, 5.74) is 0.543. The first-order chi connectivity index (χ1) is 12.3. The molecule has 3 heterocycles. The van der Waals surface area contributed by atoms with Crippen molar-refractivity contribution < 1.29 is 4.39 Å². The zero-order valence-corrected chi connectivity index (χ0v) is 16.7. The molecule has 0 amide bonds. The van der Waals surface area contributed by atoms with E-state index in [1.54, 1.807) is 0 Å². The molecule has 4 unspecified atom stereocenters.